The van der Waals surface area contributed by atoms with Gasteiger partial charge in [0.25, 0.3) is 0 Å². The Hall–Kier alpha value is -2.21. The average Bonchev–Trinajstić information content (AvgIpc) is 3.06. The van der Waals surface area contributed by atoms with Gasteiger partial charge in [-0.25, -0.2) is 9.78 Å². The maximum Gasteiger partial charge on any atom is 0.335 e. The minimum absolute atomic E-state index is 0.263. The van der Waals surface area contributed by atoms with Gasteiger partial charge in [0.1, 0.15) is 5.82 Å². The molecule has 0 spiro atoms. The standard InChI is InChI=1S/C15H15N3O2S/c1-9(2)14-17-12-5-10(15(19)20)3-4-13(12)18(14)7-11-6-16-8-21-11/h3-6,8-9H,7H2,1-2H3,(H,19,20). The number of aromatic carboxylic acids is 1. The van der Waals surface area contributed by atoms with Crippen molar-refractivity contribution in [3.05, 3.63) is 46.2 Å². The molecule has 0 unspecified atom stereocenters. The van der Waals surface area contributed by atoms with Gasteiger partial charge in [0.2, 0.25) is 0 Å². The lowest BCUT2D eigenvalue weighted by molar-refractivity contribution is 0.0697. The Morgan fingerprint density at radius 2 is 2.24 bits per heavy atom. The predicted molar refractivity (Wildman–Crippen MR) is 82.0 cm³/mol. The minimum Gasteiger partial charge on any atom is -0.478 e. The van der Waals surface area contributed by atoms with Gasteiger partial charge in [-0.2, -0.15) is 0 Å². The van der Waals surface area contributed by atoms with Crippen LogP contribution < -0.4 is 0 Å². The summed E-state index contributed by atoms with van der Waals surface area (Å²) in [5, 5.41) is 9.10. The van der Waals surface area contributed by atoms with Crippen molar-refractivity contribution in [1.29, 1.82) is 0 Å². The summed E-state index contributed by atoms with van der Waals surface area (Å²) in [5.74, 6) is 0.291. The number of hydrogen-bond donors (Lipinski definition) is 1. The van der Waals surface area contributed by atoms with E-state index in [1.165, 1.54) is 0 Å². The van der Waals surface area contributed by atoms with E-state index in [-0.39, 0.29) is 11.5 Å². The van der Waals surface area contributed by atoms with Gasteiger partial charge in [-0.15, -0.1) is 11.3 Å². The van der Waals surface area contributed by atoms with Gasteiger partial charge in [0.15, 0.2) is 0 Å². The molecule has 0 aliphatic rings. The Bertz CT molecular complexity index is 791. The van der Waals surface area contributed by atoms with Gasteiger partial charge < -0.3 is 9.67 Å². The van der Waals surface area contributed by atoms with Crippen LogP contribution in [0.2, 0.25) is 0 Å². The van der Waals surface area contributed by atoms with Gasteiger partial charge in [-0.3, -0.25) is 4.98 Å². The summed E-state index contributed by atoms with van der Waals surface area (Å²) >= 11 is 1.60. The number of hydrogen-bond acceptors (Lipinski definition) is 4. The van der Waals surface area contributed by atoms with Crippen LogP contribution >= 0.6 is 11.3 Å². The number of imidazole rings is 1. The zero-order valence-corrected chi connectivity index (χ0v) is 12.6. The molecular weight excluding hydrogens is 286 g/mol. The van der Waals surface area contributed by atoms with Crippen LogP contribution in [0, 0.1) is 0 Å². The average molecular weight is 301 g/mol. The second kappa shape index (κ2) is 5.29. The van der Waals surface area contributed by atoms with E-state index in [1.807, 2.05) is 17.8 Å². The summed E-state index contributed by atoms with van der Waals surface area (Å²) in [4.78, 5) is 21.0. The number of carboxylic acids is 1. The number of rotatable bonds is 4. The molecule has 0 aliphatic heterocycles. The molecule has 2 aromatic heterocycles. The first-order chi connectivity index (χ1) is 10.1. The third-order valence-corrected chi connectivity index (χ3v) is 4.10. The van der Waals surface area contributed by atoms with Gasteiger partial charge in [0.05, 0.1) is 28.7 Å². The second-order valence-electron chi connectivity index (χ2n) is 5.19. The fourth-order valence-electron chi connectivity index (χ4n) is 2.36. The lowest BCUT2D eigenvalue weighted by Crippen LogP contribution is -2.05. The van der Waals surface area contributed by atoms with Crippen LogP contribution in [0.4, 0.5) is 0 Å². The normalized spacial score (nSPS) is 11.4. The molecule has 0 amide bonds. The molecule has 108 valence electrons. The highest BCUT2D eigenvalue weighted by atomic mass is 32.1. The molecule has 0 bridgehead atoms. The van der Waals surface area contributed by atoms with Crippen molar-refractivity contribution < 1.29 is 9.90 Å². The Morgan fingerprint density at radius 1 is 1.43 bits per heavy atom. The summed E-state index contributed by atoms with van der Waals surface area (Å²) < 4.78 is 2.14. The van der Waals surface area contributed by atoms with Crippen molar-refractivity contribution in [3.8, 4) is 0 Å². The van der Waals surface area contributed by atoms with Crippen molar-refractivity contribution >= 4 is 28.3 Å². The first kappa shape index (κ1) is 13.8. The van der Waals surface area contributed by atoms with Crippen LogP contribution in [-0.2, 0) is 6.54 Å². The molecule has 3 rings (SSSR count). The summed E-state index contributed by atoms with van der Waals surface area (Å²) in [5.41, 5.74) is 3.76. The van der Waals surface area contributed by atoms with Crippen LogP contribution in [0.1, 0.15) is 40.8 Å². The van der Waals surface area contributed by atoms with E-state index in [4.69, 9.17) is 5.11 Å². The number of fused-ring (bicyclic) bond motifs is 1. The highest BCUT2D eigenvalue weighted by Crippen LogP contribution is 2.24. The Balaban J connectivity index is 2.15. The van der Waals surface area contributed by atoms with Gasteiger partial charge in [0, 0.05) is 17.0 Å². The molecule has 0 atom stereocenters. The molecule has 0 aliphatic carbocycles. The highest BCUT2D eigenvalue weighted by Gasteiger charge is 2.16. The van der Waals surface area contributed by atoms with Crippen LogP contribution in [0.15, 0.2) is 29.9 Å². The summed E-state index contributed by atoms with van der Waals surface area (Å²) in [7, 11) is 0. The number of aromatic nitrogens is 3. The smallest absolute Gasteiger partial charge is 0.335 e. The topological polar surface area (TPSA) is 68.0 Å². The molecule has 5 nitrogen and oxygen atoms in total. The first-order valence-corrected chi connectivity index (χ1v) is 7.55. The lowest BCUT2D eigenvalue weighted by Gasteiger charge is -2.10. The zero-order valence-electron chi connectivity index (χ0n) is 11.8. The SMILES string of the molecule is CC(C)c1nc2cc(C(=O)O)ccc2n1Cc1cncs1. The maximum atomic E-state index is 11.1. The van der Waals surface area contributed by atoms with Gasteiger partial charge >= 0.3 is 5.97 Å². The lowest BCUT2D eigenvalue weighted by atomic mass is 10.2. The van der Waals surface area contributed by atoms with Gasteiger partial charge in [-0.1, -0.05) is 13.8 Å². The van der Waals surface area contributed by atoms with Crippen LogP contribution in [0.3, 0.4) is 0 Å². The van der Waals surface area contributed by atoms with E-state index < -0.39 is 5.97 Å². The zero-order chi connectivity index (χ0) is 15.0. The van der Waals surface area contributed by atoms with E-state index in [0.717, 1.165) is 21.7 Å². The molecule has 0 radical (unpaired) electrons. The molecule has 0 saturated heterocycles. The van der Waals surface area contributed by atoms with E-state index in [2.05, 4.69) is 28.4 Å². The fraction of sp³-hybridized carbons (Fsp3) is 0.267. The Morgan fingerprint density at radius 3 is 2.86 bits per heavy atom. The monoisotopic (exact) mass is 301 g/mol. The number of carbonyl (C=O) groups is 1. The van der Waals surface area contributed by atoms with Crippen molar-refractivity contribution in [3.63, 3.8) is 0 Å². The second-order valence-corrected chi connectivity index (χ2v) is 6.16. The quantitative estimate of drug-likeness (QED) is 0.802. The van der Waals surface area contributed by atoms with E-state index >= 15 is 0 Å². The molecule has 1 N–H and O–H groups in total. The summed E-state index contributed by atoms with van der Waals surface area (Å²) in [6.45, 7) is 4.88. The number of benzene rings is 1. The Labute approximate surface area is 125 Å². The Kier molecular flexibility index (Phi) is 3.47. The molecule has 6 heteroatoms. The fourth-order valence-corrected chi connectivity index (χ4v) is 2.95. The molecular formula is C15H15N3O2S. The van der Waals surface area contributed by atoms with Gasteiger partial charge in [-0.05, 0) is 18.2 Å². The molecule has 0 fully saturated rings. The molecule has 2 heterocycles. The number of nitrogens with zero attached hydrogens (tertiary/aromatic N) is 3. The summed E-state index contributed by atoms with van der Waals surface area (Å²) in [6.07, 6.45) is 1.85. The largest absolute Gasteiger partial charge is 0.478 e. The van der Waals surface area contributed by atoms with Crippen molar-refractivity contribution in [1.82, 2.24) is 14.5 Å². The third-order valence-electron chi connectivity index (χ3n) is 3.34. The molecule has 0 saturated carbocycles. The van der Waals surface area contributed by atoms with Crippen molar-refractivity contribution in [2.45, 2.75) is 26.3 Å². The summed E-state index contributed by atoms with van der Waals surface area (Å²) in [6, 6.07) is 5.09. The van der Waals surface area contributed by atoms with E-state index in [1.54, 1.807) is 23.5 Å². The van der Waals surface area contributed by atoms with Crippen molar-refractivity contribution in [2.24, 2.45) is 0 Å². The van der Waals surface area contributed by atoms with E-state index in [0.29, 0.717) is 6.54 Å². The predicted octanol–water partition coefficient (Wildman–Crippen LogP) is 3.36. The van der Waals surface area contributed by atoms with Crippen LogP contribution in [-0.4, -0.2) is 25.6 Å². The number of thiazole rings is 1. The highest BCUT2D eigenvalue weighted by molar-refractivity contribution is 7.09. The van der Waals surface area contributed by atoms with Crippen LogP contribution in [0.5, 0.6) is 0 Å². The third kappa shape index (κ3) is 2.54. The minimum atomic E-state index is -0.931. The molecule has 1 aromatic carbocycles. The first-order valence-electron chi connectivity index (χ1n) is 6.67. The van der Waals surface area contributed by atoms with Crippen LogP contribution in [0.25, 0.3) is 11.0 Å². The van der Waals surface area contributed by atoms with Crippen molar-refractivity contribution in [2.75, 3.05) is 0 Å². The number of carboxylic acid groups (broad SMARTS) is 1. The molecule has 3 aromatic rings. The molecule has 21 heavy (non-hydrogen) atoms. The van der Waals surface area contributed by atoms with E-state index in [9.17, 15) is 4.79 Å². The maximum absolute atomic E-state index is 11.1.